The van der Waals surface area contributed by atoms with Gasteiger partial charge in [0.2, 0.25) is 0 Å². The zero-order valence-electron chi connectivity index (χ0n) is 20.4. The van der Waals surface area contributed by atoms with Crippen LogP contribution in [0.1, 0.15) is 52.3 Å². The van der Waals surface area contributed by atoms with Crippen molar-refractivity contribution in [1.29, 1.82) is 5.26 Å². The summed E-state index contributed by atoms with van der Waals surface area (Å²) in [4.78, 5) is 22.1. The molecule has 0 radical (unpaired) electrons. The van der Waals surface area contributed by atoms with Crippen molar-refractivity contribution in [2.45, 2.75) is 58.7 Å². The zero-order valence-corrected chi connectivity index (χ0v) is 20.4. The van der Waals surface area contributed by atoms with Crippen LogP contribution >= 0.6 is 0 Å². The van der Waals surface area contributed by atoms with Crippen LogP contribution in [-0.4, -0.2) is 76.1 Å². The molecule has 1 aromatic rings. The van der Waals surface area contributed by atoms with E-state index in [1.54, 1.807) is 24.2 Å². The standard InChI is InChI=1S/C25H36N6O2/c1-6-21-17-29(20(4)24-10-9-23(16-27-24)33-19(2)3)13-14-31(21)22-15-25(32)28(5)30(18-22)12-8-7-11-26/h8-10,12,15-16,19-21H,6-7,13-14,17-18H2,1-5H3/b12-8+. The van der Waals surface area contributed by atoms with Crippen molar-refractivity contribution in [1.82, 2.24) is 24.8 Å². The van der Waals surface area contributed by atoms with Gasteiger partial charge in [-0.25, -0.2) is 0 Å². The molecule has 0 aromatic carbocycles. The van der Waals surface area contributed by atoms with Gasteiger partial charge in [-0.1, -0.05) is 13.0 Å². The van der Waals surface area contributed by atoms with Gasteiger partial charge in [0.1, 0.15) is 5.75 Å². The summed E-state index contributed by atoms with van der Waals surface area (Å²) < 4.78 is 5.72. The van der Waals surface area contributed by atoms with E-state index in [-0.39, 0.29) is 18.1 Å². The van der Waals surface area contributed by atoms with E-state index in [9.17, 15) is 4.79 Å². The summed E-state index contributed by atoms with van der Waals surface area (Å²) in [6.45, 7) is 11.7. The number of nitrogens with zero attached hydrogens (tertiary/aromatic N) is 6. The molecule has 0 aliphatic carbocycles. The number of aromatic nitrogens is 1. The number of rotatable bonds is 8. The van der Waals surface area contributed by atoms with Crippen LogP contribution < -0.4 is 4.74 Å². The number of carbonyl (C=O) groups excluding carboxylic acids is 1. The van der Waals surface area contributed by atoms with Crippen LogP contribution in [0.4, 0.5) is 0 Å². The molecule has 1 aromatic heterocycles. The number of pyridine rings is 1. The molecule has 2 atom stereocenters. The average molecular weight is 453 g/mol. The molecular weight excluding hydrogens is 416 g/mol. The average Bonchev–Trinajstić information content (AvgIpc) is 2.81. The summed E-state index contributed by atoms with van der Waals surface area (Å²) in [5.74, 6) is 0.751. The fourth-order valence-corrected chi connectivity index (χ4v) is 4.36. The molecule has 3 heterocycles. The maximum Gasteiger partial charge on any atom is 0.266 e. The van der Waals surface area contributed by atoms with Crippen LogP contribution in [0.2, 0.25) is 0 Å². The molecule has 0 bridgehead atoms. The third-order valence-electron chi connectivity index (χ3n) is 6.27. The van der Waals surface area contributed by atoms with Gasteiger partial charge in [0.15, 0.2) is 0 Å². The maximum absolute atomic E-state index is 12.6. The SMILES string of the molecule is CCC1CN(C(C)c2ccc(OC(C)C)cn2)CCN1C1=CC(=O)N(C)N(/C=C/CC#N)C1. The van der Waals surface area contributed by atoms with Crippen LogP contribution in [0.15, 0.2) is 42.4 Å². The number of hydrogen-bond donors (Lipinski definition) is 0. The van der Waals surface area contributed by atoms with E-state index in [1.807, 2.05) is 37.3 Å². The minimum absolute atomic E-state index is 0.0450. The number of hydrazine groups is 1. The Bertz CT molecular complexity index is 904. The molecule has 2 aliphatic rings. The molecule has 1 fully saturated rings. The third-order valence-corrected chi connectivity index (χ3v) is 6.27. The largest absolute Gasteiger partial charge is 0.489 e. The first-order valence-corrected chi connectivity index (χ1v) is 11.8. The lowest BCUT2D eigenvalue weighted by Gasteiger charge is -2.47. The van der Waals surface area contributed by atoms with Gasteiger partial charge in [-0.15, -0.1) is 0 Å². The number of hydrogen-bond acceptors (Lipinski definition) is 7. The molecule has 8 nitrogen and oxygen atoms in total. The summed E-state index contributed by atoms with van der Waals surface area (Å²) in [7, 11) is 1.76. The molecule has 3 rings (SSSR count). The molecule has 178 valence electrons. The number of amides is 1. The van der Waals surface area contributed by atoms with Gasteiger partial charge in [0.05, 0.1) is 37.0 Å². The predicted molar refractivity (Wildman–Crippen MR) is 128 cm³/mol. The Kier molecular flexibility index (Phi) is 8.34. The fraction of sp³-hybridized carbons (Fsp3) is 0.560. The van der Waals surface area contributed by atoms with E-state index in [2.05, 4.69) is 40.8 Å². The maximum atomic E-state index is 12.6. The van der Waals surface area contributed by atoms with Gasteiger partial charge in [0.25, 0.3) is 5.91 Å². The fourth-order valence-electron chi connectivity index (χ4n) is 4.36. The second-order valence-corrected chi connectivity index (χ2v) is 8.85. The third kappa shape index (κ3) is 6.05. The smallest absolute Gasteiger partial charge is 0.266 e. The van der Waals surface area contributed by atoms with E-state index in [1.165, 1.54) is 0 Å². The molecule has 0 N–H and O–H groups in total. The first-order chi connectivity index (χ1) is 15.8. The van der Waals surface area contributed by atoms with Gasteiger partial charge in [-0.05, 0) is 39.3 Å². The first kappa shape index (κ1) is 24.6. The number of ether oxygens (including phenoxy) is 1. The Hall–Kier alpha value is -3.05. The van der Waals surface area contributed by atoms with E-state index in [0.29, 0.717) is 19.0 Å². The van der Waals surface area contributed by atoms with Crippen molar-refractivity contribution in [3.63, 3.8) is 0 Å². The summed E-state index contributed by atoms with van der Waals surface area (Å²) in [5, 5.41) is 12.3. The highest BCUT2D eigenvalue weighted by Gasteiger charge is 2.33. The van der Waals surface area contributed by atoms with Crippen LogP contribution in [0.3, 0.4) is 0 Å². The van der Waals surface area contributed by atoms with Gasteiger partial charge in [-0.3, -0.25) is 24.7 Å². The lowest BCUT2D eigenvalue weighted by atomic mass is 10.0. The number of piperazine rings is 1. The molecule has 8 heteroatoms. The predicted octanol–water partition coefficient (Wildman–Crippen LogP) is 3.33. The van der Waals surface area contributed by atoms with Gasteiger partial charge in [-0.2, -0.15) is 5.26 Å². The molecule has 1 saturated heterocycles. The van der Waals surface area contributed by atoms with Gasteiger partial charge < -0.3 is 9.64 Å². The summed E-state index contributed by atoms with van der Waals surface area (Å²) in [5.41, 5.74) is 2.07. The number of nitriles is 1. The Morgan fingerprint density at radius 1 is 1.30 bits per heavy atom. The first-order valence-electron chi connectivity index (χ1n) is 11.8. The number of likely N-dealkylation sites (N-methyl/N-ethyl adjacent to an activating group) is 1. The van der Waals surface area contributed by atoms with Crippen molar-refractivity contribution in [2.24, 2.45) is 0 Å². The van der Waals surface area contributed by atoms with E-state index < -0.39 is 0 Å². The monoisotopic (exact) mass is 452 g/mol. The normalized spacial score (nSPS) is 20.9. The number of carbonyl (C=O) groups is 1. The van der Waals surface area contributed by atoms with E-state index in [0.717, 1.165) is 43.2 Å². The summed E-state index contributed by atoms with van der Waals surface area (Å²) in [6, 6.07) is 6.67. The molecule has 0 spiro atoms. The second kappa shape index (κ2) is 11.2. The Labute approximate surface area is 197 Å². The zero-order chi connectivity index (χ0) is 24.0. The highest BCUT2D eigenvalue weighted by atomic mass is 16.5. The van der Waals surface area contributed by atoms with Crippen molar-refractivity contribution in [2.75, 3.05) is 33.2 Å². The molecule has 1 amide bonds. The lowest BCUT2D eigenvalue weighted by molar-refractivity contribution is -0.138. The van der Waals surface area contributed by atoms with Crippen LogP contribution in [0.5, 0.6) is 5.75 Å². The number of allylic oxidation sites excluding steroid dienone is 1. The van der Waals surface area contributed by atoms with Gasteiger partial charge in [0, 0.05) is 56.7 Å². The molecule has 33 heavy (non-hydrogen) atoms. The highest BCUT2D eigenvalue weighted by Crippen LogP contribution is 2.28. The second-order valence-electron chi connectivity index (χ2n) is 8.85. The minimum Gasteiger partial charge on any atom is -0.489 e. The summed E-state index contributed by atoms with van der Waals surface area (Å²) >= 11 is 0. The Balaban J connectivity index is 1.68. The van der Waals surface area contributed by atoms with Gasteiger partial charge >= 0.3 is 0 Å². The van der Waals surface area contributed by atoms with Crippen LogP contribution in [0.25, 0.3) is 0 Å². The van der Waals surface area contributed by atoms with E-state index in [4.69, 9.17) is 10.00 Å². The van der Waals surface area contributed by atoms with E-state index >= 15 is 0 Å². The highest BCUT2D eigenvalue weighted by molar-refractivity contribution is 5.88. The minimum atomic E-state index is -0.0450. The quantitative estimate of drug-likeness (QED) is 0.599. The van der Waals surface area contributed by atoms with Crippen molar-refractivity contribution in [3.8, 4) is 11.8 Å². The Morgan fingerprint density at radius 2 is 2.09 bits per heavy atom. The molecule has 2 unspecified atom stereocenters. The lowest BCUT2D eigenvalue weighted by Crippen LogP contribution is -2.56. The van der Waals surface area contributed by atoms with Crippen LogP contribution in [0, 0.1) is 11.3 Å². The van der Waals surface area contributed by atoms with Crippen LogP contribution in [-0.2, 0) is 4.79 Å². The molecular formula is C25H36N6O2. The topological polar surface area (TPSA) is 75.9 Å². The summed E-state index contributed by atoms with van der Waals surface area (Å²) in [6.07, 6.45) is 8.62. The molecule has 0 saturated carbocycles. The van der Waals surface area contributed by atoms with Crippen molar-refractivity contribution >= 4 is 5.91 Å². The van der Waals surface area contributed by atoms with Crippen molar-refractivity contribution < 1.29 is 9.53 Å². The molecule has 2 aliphatic heterocycles. The van der Waals surface area contributed by atoms with Crippen molar-refractivity contribution in [3.05, 3.63) is 48.1 Å². The Morgan fingerprint density at radius 3 is 2.73 bits per heavy atom.